The number of aliphatic hydroxyl groups is 2. The van der Waals surface area contributed by atoms with Gasteiger partial charge in [0.2, 0.25) is 0 Å². The summed E-state index contributed by atoms with van der Waals surface area (Å²) >= 11 is 0. The fourth-order valence-electron chi connectivity index (χ4n) is 1.27. The molecule has 1 aliphatic rings. The molecule has 0 aliphatic carbocycles. The molecule has 0 aromatic carbocycles. The summed E-state index contributed by atoms with van der Waals surface area (Å²) in [6.07, 6.45) is -1.39. The van der Waals surface area contributed by atoms with E-state index in [0.29, 0.717) is 6.42 Å². The van der Waals surface area contributed by atoms with Crippen LogP contribution in [0.2, 0.25) is 0 Å². The van der Waals surface area contributed by atoms with E-state index in [9.17, 15) is 5.11 Å². The molecule has 1 saturated heterocycles. The number of hydrogen-bond donors (Lipinski definition) is 3. The van der Waals surface area contributed by atoms with Gasteiger partial charge in [0.1, 0.15) is 6.10 Å². The summed E-state index contributed by atoms with van der Waals surface area (Å²) in [4.78, 5) is 0. The molecule has 4 atom stereocenters. The van der Waals surface area contributed by atoms with Crippen molar-refractivity contribution in [3.05, 3.63) is 0 Å². The zero-order chi connectivity index (χ0) is 9.14. The minimum atomic E-state index is -0.804. The van der Waals surface area contributed by atoms with Crippen molar-refractivity contribution in [1.29, 1.82) is 0 Å². The van der Waals surface area contributed by atoms with Crippen LogP contribution in [0.3, 0.4) is 0 Å². The van der Waals surface area contributed by atoms with Crippen molar-refractivity contribution in [2.24, 2.45) is 5.73 Å². The minimum absolute atomic E-state index is 0.241. The number of hydrogen-bond acceptors (Lipinski definition) is 5. The highest BCUT2D eigenvalue weighted by atomic mass is 16.7. The molecule has 1 aliphatic heterocycles. The van der Waals surface area contributed by atoms with Crippen LogP contribution >= 0.6 is 0 Å². The normalized spacial score (nSPS) is 43.0. The third-order valence-corrected chi connectivity index (χ3v) is 2.05. The Morgan fingerprint density at radius 1 is 1.67 bits per heavy atom. The number of aliphatic hydroxyl groups excluding tert-OH is 2. The average Bonchev–Trinajstić information content (AvgIpc) is 2.09. The van der Waals surface area contributed by atoms with E-state index in [0.717, 1.165) is 0 Å². The molecule has 1 heterocycles. The first-order valence-corrected chi connectivity index (χ1v) is 3.91. The van der Waals surface area contributed by atoms with Crippen molar-refractivity contribution in [3.8, 4) is 0 Å². The van der Waals surface area contributed by atoms with Crippen LogP contribution in [0.4, 0.5) is 0 Å². The van der Waals surface area contributed by atoms with Crippen LogP contribution < -0.4 is 5.73 Å². The van der Waals surface area contributed by atoms with Crippen LogP contribution in [-0.4, -0.2) is 48.5 Å². The van der Waals surface area contributed by atoms with Crippen LogP contribution in [0.5, 0.6) is 0 Å². The molecule has 0 amide bonds. The highest BCUT2D eigenvalue weighted by Gasteiger charge is 2.35. The zero-order valence-electron chi connectivity index (χ0n) is 7.01. The van der Waals surface area contributed by atoms with E-state index in [4.69, 9.17) is 20.3 Å². The van der Waals surface area contributed by atoms with Gasteiger partial charge in [-0.05, 0) is 0 Å². The first-order chi connectivity index (χ1) is 5.69. The highest BCUT2D eigenvalue weighted by molar-refractivity contribution is 4.84. The first-order valence-electron chi connectivity index (χ1n) is 3.91. The Kier molecular flexibility index (Phi) is 3.42. The number of methoxy groups -OCH3 is 1. The van der Waals surface area contributed by atoms with Crippen LogP contribution in [0.1, 0.15) is 6.42 Å². The maximum absolute atomic E-state index is 9.39. The van der Waals surface area contributed by atoms with Crippen molar-refractivity contribution in [3.63, 3.8) is 0 Å². The molecule has 0 radical (unpaired) electrons. The van der Waals surface area contributed by atoms with Crippen LogP contribution in [0.15, 0.2) is 0 Å². The van der Waals surface area contributed by atoms with Gasteiger partial charge in [-0.1, -0.05) is 0 Å². The lowest BCUT2D eigenvalue weighted by Gasteiger charge is -2.36. The van der Waals surface area contributed by atoms with E-state index in [2.05, 4.69) is 0 Å². The fraction of sp³-hybridized carbons (Fsp3) is 1.00. The molecule has 5 nitrogen and oxygen atoms in total. The Morgan fingerprint density at radius 3 is 2.83 bits per heavy atom. The lowest BCUT2D eigenvalue weighted by Crippen LogP contribution is -2.53. The van der Waals surface area contributed by atoms with Gasteiger partial charge in [-0.25, -0.2) is 0 Å². The summed E-state index contributed by atoms with van der Waals surface area (Å²) in [5.41, 5.74) is 5.59. The maximum atomic E-state index is 9.39. The number of nitrogens with two attached hydrogens (primary N) is 1. The lowest BCUT2D eigenvalue weighted by molar-refractivity contribution is -0.224. The van der Waals surface area contributed by atoms with Gasteiger partial charge in [-0.3, -0.25) is 0 Å². The molecular formula is C7H15NO4. The smallest absolute Gasteiger partial charge is 0.159 e. The van der Waals surface area contributed by atoms with E-state index < -0.39 is 18.5 Å². The van der Waals surface area contributed by atoms with Gasteiger partial charge in [0, 0.05) is 19.6 Å². The van der Waals surface area contributed by atoms with Gasteiger partial charge < -0.3 is 25.4 Å². The van der Waals surface area contributed by atoms with Crippen molar-refractivity contribution >= 4 is 0 Å². The first kappa shape index (κ1) is 9.88. The molecule has 0 saturated carbocycles. The monoisotopic (exact) mass is 177 g/mol. The van der Waals surface area contributed by atoms with Crippen LogP contribution in [0.25, 0.3) is 0 Å². The highest BCUT2D eigenvalue weighted by Crippen LogP contribution is 2.18. The van der Waals surface area contributed by atoms with E-state index in [1.165, 1.54) is 7.11 Å². The quantitative estimate of drug-likeness (QED) is 0.474. The van der Waals surface area contributed by atoms with Crippen molar-refractivity contribution in [2.75, 3.05) is 13.7 Å². The van der Waals surface area contributed by atoms with Gasteiger partial charge in [0.25, 0.3) is 0 Å². The summed E-state index contributed by atoms with van der Waals surface area (Å²) < 4.78 is 10.1. The molecule has 72 valence electrons. The van der Waals surface area contributed by atoms with Gasteiger partial charge in [-0.15, -0.1) is 0 Å². The Balaban J connectivity index is 2.52. The second-order valence-corrected chi connectivity index (χ2v) is 2.91. The molecule has 4 N–H and O–H groups in total. The third-order valence-electron chi connectivity index (χ3n) is 2.05. The molecule has 5 heteroatoms. The van der Waals surface area contributed by atoms with Crippen LogP contribution in [-0.2, 0) is 9.47 Å². The number of rotatable bonds is 2. The van der Waals surface area contributed by atoms with Crippen molar-refractivity contribution in [1.82, 2.24) is 0 Å². The lowest BCUT2D eigenvalue weighted by atomic mass is 10.0. The SMILES string of the molecule is CO[C@H]1C[C@@H](N)[C@H](O)[C@@H](CO)O1. The fourth-order valence-corrected chi connectivity index (χ4v) is 1.27. The molecular weight excluding hydrogens is 162 g/mol. The summed E-state index contributed by atoms with van der Waals surface area (Å²) in [6, 6.07) is -0.388. The molecule has 0 aromatic heterocycles. The summed E-state index contributed by atoms with van der Waals surface area (Å²) in [5.74, 6) is 0. The zero-order valence-corrected chi connectivity index (χ0v) is 7.01. The second-order valence-electron chi connectivity index (χ2n) is 2.91. The Hall–Kier alpha value is -0.200. The average molecular weight is 177 g/mol. The molecule has 0 bridgehead atoms. The molecule has 1 fully saturated rings. The minimum Gasteiger partial charge on any atom is -0.394 e. The van der Waals surface area contributed by atoms with E-state index in [1.807, 2.05) is 0 Å². The predicted molar refractivity (Wildman–Crippen MR) is 41.4 cm³/mol. The summed E-state index contributed by atoms with van der Waals surface area (Å²) in [6.45, 7) is -0.241. The third kappa shape index (κ3) is 1.94. The molecule has 0 aromatic rings. The van der Waals surface area contributed by atoms with Crippen LogP contribution in [0, 0.1) is 0 Å². The molecule has 0 unspecified atom stereocenters. The Bertz CT molecular complexity index is 143. The Morgan fingerprint density at radius 2 is 2.33 bits per heavy atom. The van der Waals surface area contributed by atoms with Gasteiger partial charge in [-0.2, -0.15) is 0 Å². The van der Waals surface area contributed by atoms with Crippen molar-refractivity contribution < 1.29 is 19.7 Å². The Labute approximate surface area is 71.1 Å². The maximum Gasteiger partial charge on any atom is 0.159 e. The largest absolute Gasteiger partial charge is 0.394 e. The van der Waals surface area contributed by atoms with E-state index in [-0.39, 0.29) is 12.6 Å². The van der Waals surface area contributed by atoms with E-state index >= 15 is 0 Å². The molecule has 12 heavy (non-hydrogen) atoms. The van der Waals surface area contributed by atoms with E-state index in [1.54, 1.807) is 0 Å². The number of ether oxygens (including phenoxy) is 2. The second kappa shape index (κ2) is 4.15. The van der Waals surface area contributed by atoms with Gasteiger partial charge in [0.05, 0.1) is 12.7 Å². The molecule has 0 spiro atoms. The molecule has 1 rings (SSSR count). The standard InChI is InChI=1S/C7H15NO4/c1-11-6-2-4(8)7(10)5(3-9)12-6/h4-7,9-10H,2-3,8H2,1H3/t4-,5-,6-,7+/m1/s1. The predicted octanol–water partition coefficient (Wildman–Crippen LogP) is -1.57. The van der Waals surface area contributed by atoms with Gasteiger partial charge in [0.15, 0.2) is 6.29 Å². The summed E-state index contributed by atoms with van der Waals surface area (Å²) in [7, 11) is 1.50. The van der Waals surface area contributed by atoms with Gasteiger partial charge >= 0.3 is 0 Å². The summed E-state index contributed by atoms with van der Waals surface area (Å²) in [5, 5.41) is 18.2. The van der Waals surface area contributed by atoms with Crippen molar-refractivity contribution in [2.45, 2.75) is 31.0 Å². The topological polar surface area (TPSA) is 84.9 Å².